The van der Waals surface area contributed by atoms with Crippen LogP contribution in [0.1, 0.15) is 53.4 Å². The minimum Gasteiger partial charge on any atom is -0.356 e. The highest BCUT2D eigenvalue weighted by Gasteiger charge is 2.27. The van der Waals surface area contributed by atoms with E-state index < -0.39 is 5.72 Å². The van der Waals surface area contributed by atoms with Crippen molar-refractivity contribution in [2.24, 2.45) is 5.92 Å². The van der Waals surface area contributed by atoms with E-state index in [2.05, 4.69) is 17.2 Å². The quantitative estimate of drug-likeness (QED) is 0.548. The number of aromatic nitrogens is 4. The molecule has 0 bridgehead atoms. The summed E-state index contributed by atoms with van der Waals surface area (Å²) in [7, 11) is 0. The molecule has 2 aromatic heterocycles. The standard InChI is InChI=1S/C25H32FN5O2/c1-5-33-25(3,4)30-16-22(31(24(30)32)20-12-8-18(26)9-13-20)21-14-15-27-23(29-21)28-19-10-6-17(2)7-11-19/h8-9,12-17,19H,5-7,10-11H2,1-4H3,(H,27,28,29)/t17-,19-. The van der Waals surface area contributed by atoms with Crippen molar-refractivity contribution in [1.29, 1.82) is 0 Å². The number of imidazole rings is 1. The van der Waals surface area contributed by atoms with Crippen LogP contribution in [0.4, 0.5) is 10.3 Å². The Labute approximate surface area is 193 Å². The molecule has 33 heavy (non-hydrogen) atoms. The first-order valence-electron chi connectivity index (χ1n) is 11.6. The molecule has 0 atom stereocenters. The molecule has 0 aliphatic heterocycles. The third kappa shape index (κ3) is 5.00. The fourth-order valence-corrected chi connectivity index (χ4v) is 4.43. The van der Waals surface area contributed by atoms with Gasteiger partial charge in [0.25, 0.3) is 0 Å². The summed E-state index contributed by atoms with van der Waals surface area (Å²) in [6.45, 7) is 8.31. The summed E-state index contributed by atoms with van der Waals surface area (Å²) in [5.74, 6) is 0.939. The SMILES string of the molecule is CCOC(C)(C)n1cc(-c2ccnc(N[C@H]3CC[C@H](C)CC3)n2)n(-c2ccc(F)cc2)c1=O. The molecule has 0 amide bonds. The lowest BCUT2D eigenvalue weighted by Gasteiger charge is -2.26. The predicted octanol–water partition coefficient (Wildman–Crippen LogP) is 4.95. The Morgan fingerprint density at radius 1 is 1.15 bits per heavy atom. The Bertz CT molecular complexity index is 1140. The summed E-state index contributed by atoms with van der Waals surface area (Å²) in [5.41, 5.74) is 0.589. The number of hydrogen-bond acceptors (Lipinski definition) is 5. The molecule has 4 rings (SSSR count). The number of hydrogen-bond donors (Lipinski definition) is 1. The minimum absolute atomic E-state index is 0.288. The Hall–Kier alpha value is -3.00. The smallest absolute Gasteiger partial charge is 0.335 e. The van der Waals surface area contributed by atoms with Gasteiger partial charge in [-0.2, -0.15) is 0 Å². The molecule has 1 aromatic carbocycles. The molecule has 2 heterocycles. The number of anilines is 1. The molecule has 0 spiro atoms. The molecule has 1 aliphatic carbocycles. The molecule has 7 nitrogen and oxygen atoms in total. The monoisotopic (exact) mass is 453 g/mol. The number of halogens is 1. The Balaban J connectivity index is 1.76. The average Bonchev–Trinajstić information content (AvgIpc) is 3.14. The van der Waals surface area contributed by atoms with Crippen LogP contribution >= 0.6 is 0 Å². The highest BCUT2D eigenvalue weighted by Crippen LogP contribution is 2.27. The van der Waals surface area contributed by atoms with Crippen LogP contribution in [-0.4, -0.2) is 31.8 Å². The van der Waals surface area contributed by atoms with E-state index >= 15 is 0 Å². The van der Waals surface area contributed by atoms with Crippen LogP contribution in [-0.2, 0) is 10.5 Å². The Morgan fingerprint density at radius 3 is 2.52 bits per heavy atom. The zero-order valence-corrected chi connectivity index (χ0v) is 19.7. The molecular weight excluding hydrogens is 421 g/mol. The van der Waals surface area contributed by atoms with Crippen LogP contribution in [0.3, 0.4) is 0 Å². The van der Waals surface area contributed by atoms with E-state index in [0.717, 1.165) is 18.8 Å². The van der Waals surface area contributed by atoms with E-state index in [-0.39, 0.29) is 11.5 Å². The molecule has 0 radical (unpaired) electrons. The third-order valence-electron chi connectivity index (χ3n) is 6.32. The van der Waals surface area contributed by atoms with Gasteiger partial charge in [-0.15, -0.1) is 0 Å². The van der Waals surface area contributed by atoms with Gasteiger partial charge >= 0.3 is 5.69 Å². The van der Waals surface area contributed by atoms with Crippen LogP contribution in [0.25, 0.3) is 17.1 Å². The van der Waals surface area contributed by atoms with Gasteiger partial charge in [-0.3, -0.25) is 9.13 Å². The van der Waals surface area contributed by atoms with E-state index in [1.165, 1.54) is 29.5 Å². The van der Waals surface area contributed by atoms with Crippen molar-refractivity contribution in [3.05, 3.63) is 59.0 Å². The molecule has 8 heteroatoms. The van der Waals surface area contributed by atoms with Gasteiger partial charge in [-0.25, -0.2) is 19.2 Å². The van der Waals surface area contributed by atoms with Crippen LogP contribution in [0.15, 0.2) is 47.5 Å². The molecule has 0 unspecified atom stereocenters. The molecule has 0 saturated heterocycles. The van der Waals surface area contributed by atoms with Crippen molar-refractivity contribution < 1.29 is 9.13 Å². The molecule has 1 fully saturated rings. The van der Waals surface area contributed by atoms with Gasteiger partial charge in [0.15, 0.2) is 0 Å². The van der Waals surface area contributed by atoms with E-state index in [0.29, 0.717) is 35.7 Å². The van der Waals surface area contributed by atoms with Gasteiger partial charge in [0.05, 0.1) is 17.1 Å². The van der Waals surface area contributed by atoms with Crippen molar-refractivity contribution in [2.45, 2.75) is 65.1 Å². The zero-order valence-electron chi connectivity index (χ0n) is 19.7. The fraction of sp³-hybridized carbons (Fsp3) is 0.480. The van der Waals surface area contributed by atoms with Crippen molar-refractivity contribution in [3.8, 4) is 17.1 Å². The van der Waals surface area contributed by atoms with Gasteiger partial charge < -0.3 is 10.1 Å². The van der Waals surface area contributed by atoms with Crippen LogP contribution in [0.5, 0.6) is 0 Å². The second-order valence-corrected chi connectivity index (χ2v) is 9.23. The minimum atomic E-state index is -0.862. The van der Waals surface area contributed by atoms with Crippen LogP contribution in [0.2, 0.25) is 0 Å². The lowest BCUT2D eigenvalue weighted by Crippen LogP contribution is -2.38. The van der Waals surface area contributed by atoms with Crippen LogP contribution in [0, 0.1) is 11.7 Å². The lowest BCUT2D eigenvalue weighted by atomic mass is 9.87. The maximum absolute atomic E-state index is 13.6. The second-order valence-electron chi connectivity index (χ2n) is 9.23. The first-order chi connectivity index (χ1) is 15.8. The molecule has 176 valence electrons. The van der Waals surface area contributed by atoms with E-state index in [1.807, 2.05) is 20.8 Å². The third-order valence-corrected chi connectivity index (χ3v) is 6.32. The number of nitrogens with one attached hydrogen (secondary N) is 1. The van der Waals surface area contributed by atoms with Gasteiger partial charge in [0.2, 0.25) is 5.95 Å². The maximum atomic E-state index is 13.6. The molecule has 1 aliphatic rings. The van der Waals surface area contributed by atoms with Crippen molar-refractivity contribution in [1.82, 2.24) is 19.1 Å². The highest BCUT2D eigenvalue weighted by atomic mass is 19.1. The summed E-state index contributed by atoms with van der Waals surface area (Å²) >= 11 is 0. The number of rotatable bonds is 7. The first-order valence-corrected chi connectivity index (χ1v) is 11.6. The first kappa shape index (κ1) is 23.2. The zero-order chi connectivity index (χ0) is 23.6. The van der Waals surface area contributed by atoms with E-state index in [1.54, 1.807) is 35.2 Å². The topological polar surface area (TPSA) is 74.0 Å². The number of nitrogens with zero attached hydrogens (tertiary/aromatic N) is 4. The van der Waals surface area contributed by atoms with E-state index in [9.17, 15) is 9.18 Å². The van der Waals surface area contributed by atoms with Crippen LogP contribution < -0.4 is 11.0 Å². The summed E-state index contributed by atoms with van der Waals surface area (Å²) in [4.78, 5) is 22.6. The van der Waals surface area contributed by atoms with Gasteiger partial charge in [-0.05, 0) is 82.7 Å². The molecular formula is C25H32FN5O2. The lowest BCUT2D eigenvalue weighted by molar-refractivity contribution is -0.0745. The predicted molar refractivity (Wildman–Crippen MR) is 127 cm³/mol. The second kappa shape index (κ2) is 9.47. The Morgan fingerprint density at radius 2 is 1.85 bits per heavy atom. The largest absolute Gasteiger partial charge is 0.356 e. The van der Waals surface area contributed by atoms with Crippen molar-refractivity contribution in [3.63, 3.8) is 0 Å². The van der Waals surface area contributed by atoms with Gasteiger partial charge in [0.1, 0.15) is 11.5 Å². The number of ether oxygens (including phenoxy) is 1. The van der Waals surface area contributed by atoms with E-state index in [4.69, 9.17) is 9.72 Å². The highest BCUT2D eigenvalue weighted by molar-refractivity contribution is 5.59. The van der Waals surface area contributed by atoms with Gasteiger partial charge in [0, 0.05) is 25.0 Å². The summed E-state index contributed by atoms with van der Waals surface area (Å²) in [6.07, 6.45) is 8.01. The van der Waals surface area contributed by atoms with Gasteiger partial charge in [-0.1, -0.05) is 6.92 Å². The van der Waals surface area contributed by atoms with Crippen molar-refractivity contribution >= 4 is 5.95 Å². The normalized spacial score (nSPS) is 18.9. The Kier molecular flexibility index (Phi) is 6.65. The molecule has 3 aromatic rings. The average molecular weight is 454 g/mol. The fourth-order valence-electron chi connectivity index (χ4n) is 4.43. The number of benzene rings is 1. The molecule has 1 N–H and O–H groups in total. The summed E-state index contributed by atoms with van der Waals surface area (Å²) in [5, 5.41) is 3.46. The maximum Gasteiger partial charge on any atom is 0.335 e. The summed E-state index contributed by atoms with van der Waals surface area (Å²) in [6, 6.07) is 7.98. The molecule has 1 saturated carbocycles. The summed E-state index contributed by atoms with van der Waals surface area (Å²) < 4.78 is 22.5. The van der Waals surface area contributed by atoms with Crippen molar-refractivity contribution in [2.75, 3.05) is 11.9 Å².